The molecular formula is C38H31OP. The molecule has 0 aliphatic heterocycles. The van der Waals surface area contributed by atoms with Gasteiger partial charge in [0.1, 0.15) is 0 Å². The van der Waals surface area contributed by atoms with Crippen molar-refractivity contribution in [3.05, 3.63) is 150 Å². The van der Waals surface area contributed by atoms with Crippen molar-refractivity contribution >= 4 is 33.8 Å². The second kappa shape index (κ2) is 9.19. The maximum Gasteiger partial charge on any atom is 0.171 e. The van der Waals surface area contributed by atoms with Crippen LogP contribution >= 0.6 is 7.14 Å². The van der Waals surface area contributed by atoms with Crippen LogP contribution in [-0.2, 0) is 9.98 Å². The van der Waals surface area contributed by atoms with E-state index in [1.54, 1.807) is 0 Å². The quantitative estimate of drug-likeness (QED) is 0.207. The molecule has 0 saturated carbocycles. The smallest absolute Gasteiger partial charge is 0.171 e. The number of aryl methyl sites for hydroxylation is 1. The average molecular weight is 535 g/mol. The standard InChI is InChI=1S/C38H31OP/c1-26-25-33(31-18-12-20-35-37(31)36(26)32-17-10-11-19-34(32)38(35,2)3)27-21-23-30(24-22-27)40(39,28-13-6-4-7-14-28)29-15-8-5-9-16-29/h4-25H,1-3H3. The van der Waals surface area contributed by atoms with E-state index in [0.717, 1.165) is 21.5 Å². The van der Waals surface area contributed by atoms with Crippen LogP contribution in [-0.4, -0.2) is 0 Å². The van der Waals surface area contributed by atoms with E-state index in [-0.39, 0.29) is 5.41 Å². The Hall–Kier alpha value is -4.19. The number of rotatable bonds is 4. The summed E-state index contributed by atoms with van der Waals surface area (Å²) in [4.78, 5) is 0. The van der Waals surface area contributed by atoms with Crippen LogP contribution in [0.3, 0.4) is 0 Å². The second-order valence-corrected chi connectivity index (χ2v) is 14.1. The molecule has 0 amide bonds. The van der Waals surface area contributed by atoms with Crippen LogP contribution in [0.1, 0.15) is 30.5 Å². The van der Waals surface area contributed by atoms with Gasteiger partial charge < -0.3 is 4.57 Å². The summed E-state index contributed by atoms with van der Waals surface area (Å²) in [5.41, 5.74) is 8.98. The molecule has 0 saturated heterocycles. The summed E-state index contributed by atoms with van der Waals surface area (Å²) in [5, 5.41) is 5.18. The minimum absolute atomic E-state index is 0.0873. The van der Waals surface area contributed by atoms with Crippen LogP contribution in [0.4, 0.5) is 0 Å². The molecule has 0 aromatic heterocycles. The molecule has 0 unspecified atom stereocenters. The van der Waals surface area contributed by atoms with Crippen LogP contribution in [0.5, 0.6) is 0 Å². The van der Waals surface area contributed by atoms with Crippen molar-refractivity contribution in [1.82, 2.24) is 0 Å². The normalized spacial score (nSPS) is 13.7. The third kappa shape index (κ3) is 3.58. The van der Waals surface area contributed by atoms with Gasteiger partial charge in [0, 0.05) is 21.3 Å². The zero-order valence-corrected chi connectivity index (χ0v) is 24.0. The Kier molecular flexibility index (Phi) is 5.70. The molecular weight excluding hydrogens is 503 g/mol. The molecule has 1 aliphatic rings. The molecule has 0 radical (unpaired) electrons. The van der Waals surface area contributed by atoms with Gasteiger partial charge in [-0.05, 0) is 56.6 Å². The predicted molar refractivity (Wildman–Crippen MR) is 171 cm³/mol. The lowest BCUT2D eigenvalue weighted by molar-refractivity contribution is 0.592. The van der Waals surface area contributed by atoms with Gasteiger partial charge in [0.2, 0.25) is 0 Å². The van der Waals surface area contributed by atoms with Crippen molar-refractivity contribution in [1.29, 1.82) is 0 Å². The molecule has 0 heterocycles. The summed E-state index contributed by atoms with van der Waals surface area (Å²) < 4.78 is 14.9. The molecule has 2 heteroatoms. The predicted octanol–water partition coefficient (Wildman–Crippen LogP) is 8.76. The Morgan fingerprint density at radius 3 is 1.75 bits per heavy atom. The zero-order valence-electron chi connectivity index (χ0n) is 23.1. The van der Waals surface area contributed by atoms with Crippen molar-refractivity contribution < 1.29 is 4.57 Å². The van der Waals surface area contributed by atoms with Crippen LogP contribution in [0, 0.1) is 6.92 Å². The fourth-order valence-corrected chi connectivity index (χ4v) is 9.33. The van der Waals surface area contributed by atoms with E-state index in [2.05, 4.69) is 93.6 Å². The fraction of sp³-hybridized carbons (Fsp3) is 0.105. The van der Waals surface area contributed by atoms with Crippen molar-refractivity contribution in [3.8, 4) is 22.3 Å². The van der Waals surface area contributed by atoms with E-state index in [9.17, 15) is 4.57 Å². The number of hydrogen-bond acceptors (Lipinski definition) is 1. The van der Waals surface area contributed by atoms with E-state index in [1.165, 1.54) is 44.2 Å². The van der Waals surface area contributed by atoms with E-state index in [1.807, 2.05) is 60.7 Å². The van der Waals surface area contributed by atoms with Gasteiger partial charge in [-0.1, -0.05) is 147 Å². The van der Waals surface area contributed by atoms with Gasteiger partial charge in [-0.2, -0.15) is 0 Å². The summed E-state index contributed by atoms with van der Waals surface area (Å²) in [6.45, 7) is 6.91. The second-order valence-electron chi connectivity index (χ2n) is 11.3. The van der Waals surface area contributed by atoms with Gasteiger partial charge in [0.25, 0.3) is 0 Å². The van der Waals surface area contributed by atoms with Crippen molar-refractivity contribution in [2.45, 2.75) is 26.2 Å². The summed E-state index contributed by atoms with van der Waals surface area (Å²) in [6.07, 6.45) is 0. The number of benzene rings is 6. The minimum atomic E-state index is -3.01. The molecule has 40 heavy (non-hydrogen) atoms. The summed E-state index contributed by atoms with van der Waals surface area (Å²) in [5.74, 6) is 0. The number of hydrogen-bond donors (Lipinski definition) is 0. The van der Waals surface area contributed by atoms with Crippen LogP contribution < -0.4 is 15.9 Å². The molecule has 0 spiro atoms. The SMILES string of the molecule is Cc1cc(-c2ccc(P(=O)(c3ccccc3)c3ccccc3)cc2)c2cccc3c2c1-c1ccccc1C3(C)C. The van der Waals surface area contributed by atoms with Crippen molar-refractivity contribution in [2.24, 2.45) is 0 Å². The van der Waals surface area contributed by atoms with Gasteiger partial charge >= 0.3 is 0 Å². The fourth-order valence-electron chi connectivity index (χ4n) is 6.68. The highest BCUT2D eigenvalue weighted by Gasteiger charge is 2.34. The molecule has 6 aromatic rings. The first kappa shape index (κ1) is 24.8. The Labute approximate surface area is 236 Å². The Bertz CT molecular complexity index is 1890. The molecule has 1 aliphatic carbocycles. The molecule has 1 nitrogen and oxygen atoms in total. The van der Waals surface area contributed by atoms with Crippen molar-refractivity contribution in [3.63, 3.8) is 0 Å². The van der Waals surface area contributed by atoms with Gasteiger partial charge in [-0.3, -0.25) is 0 Å². The minimum Gasteiger partial charge on any atom is -0.309 e. The summed E-state index contributed by atoms with van der Waals surface area (Å²) in [6, 6.07) is 46.1. The first-order valence-corrected chi connectivity index (χ1v) is 15.6. The maximum absolute atomic E-state index is 14.9. The largest absolute Gasteiger partial charge is 0.309 e. The molecule has 0 bridgehead atoms. The third-order valence-electron chi connectivity index (χ3n) is 8.68. The van der Waals surface area contributed by atoms with Crippen LogP contribution in [0.25, 0.3) is 33.0 Å². The highest BCUT2D eigenvalue weighted by molar-refractivity contribution is 7.85. The summed E-state index contributed by atoms with van der Waals surface area (Å²) in [7, 11) is -3.01. The Balaban J connectivity index is 1.42. The maximum atomic E-state index is 14.9. The van der Waals surface area contributed by atoms with Gasteiger partial charge in [-0.15, -0.1) is 0 Å². The van der Waals surface area contributed by atoms with E-state index in [0.29, 0.717) is 0 Å². The van der Waals surface area contributed by atoms with Gasteiger partial charge in [0.15, 0.2) is 7.14 Å². The molecule has 0 fully saturated rings. The highest BCUT2D eigenvalue weighted by Crippen LogP contribution is 2.51. The van der Waals surface area contributed by atoms with E-state index >= 15 is 0 Å². The first-order chi connectivity index (χ1) is 19.4. The zero-order chi connectivity index (χ0) is 27.5. The van der Waals surface area contributed by atoms with Crippen LogP contribution in [0.2, 0.25) is 0 Å². The lowest BCUT2D eigenvalue weighted by atomic mass is 9.67. The highest BCUT2D eigenvalue weighted by atomic mass is 31.2. The lowest BCUT2D eigenvalue weighted by Gasteiger charge is -2.36. The molecule has 6 aromatic carbocycles. The average Bonchev–Trinajstić information content (AvgIpc) is 3.00. The Morgan fingerprint density at radius 2 is 1.10 bits per heavy atom. The molecule has 0 atom stereocenters. The lowest BCUT2D eigenvalue weighted by Crippen LogP contribution is -2.24. The van der Waals surface area contributed by atoms with Gasteiger partial charge in [-0.25, -0.2) is 0 Å². The van der Waals surface area contributed by atoms with Crippen molar-refractivity contribution in [2.75, 3.05) is 0 Å². The molecule has 7 rings (SSSR count). The van der Waals surface area contributed by atoms with E-state index in [4.69, 9.17) is 0 Å². The van der Waals surface area contributed by atoms with E-state index < -0.39 is 7.14 Å². The monoisotopic (exact) mass is 534 g/mol. The van der Waals surface area contributed by atoms with Crippen LogP contribution in [0.15, 0.2) is 133 Å². The van der Waals surface area contributed by atoms with Gasteiger partial charge in [0.05, 0.1) is 0 Å². The molecule has 194 valence electrons. The first-order valence-electron chi connectivity index (χ1n) is 13.9. The third-order valence-corrected chi connectivity index (χ3v) is 11.8. The molecule has 0 N–H and O–H groups in total. The number of fused-ring (bicyclic) bond motifs is 2. The topological polar surface area (TPSA) is 17.1 Å². The summed E-state index contributed by atoms with van der Waals surface area (Å²) >= 11 is 0. The Morgan fingerprint density at radius 1 is 0.550 bits per heavy atom.